The molecule has 4 atom stereocenters. The van der Waals surface area contributed by atoms with E-state index in [0.29, 0.717) is 36.8 Å². The molecule has 0 spiro atoms. The molecule has 1 aromatic rings. The monoisotopic (exact) mass is 417 g/mol. The van der Waals surface area contributed by atoms with E-state index >= 15 is 0 Å². The van der Waals surface area contributed by atoms with Gasteiger partial charge in [-0.05, 0) is 53.9 Å². The second-order valence-corrected chi connectivity index (χ2v) is 8.19. The smallest absolute Gasteiger partial charge is 0.487 e. The van der Waals surface area contributed by atoms with Crippen LogP contribution < -0.4 is 0 Å². The molecule has 1 aliphatic carbocycles. The summed E-state index contributed by atoms with van der Waals surface area (Å²) in [6.45, 7) is 2.53. The van der Waals surface area contributed by atoms with Gasteiger partial charge >= 0.3 is 7.12 Å². The number of rotatable bonds is 5. The number of ether oxygens (including phenoxy) is 1. The van der Waals surface area contributed by atoms with Crippen molar-refractivity contribution in [1.82, 2.24) is 4.90 Å². The molecule has 2 heterocycles. The lowest BCUT2D eigenvalue weighted by molar-refractivity contribution is -0.140. The summed E-state index contributed by atoms with van der Waals surface area (Å²) in [7, 11) is 0.262. The standard InChI is InChI=1S/C21H25BFNO6/c1-3-6-24-20(26)14-7-12(10-29-2)19-13(18(14)21(24)27)9-17(30-22(19)28)11-4-5-16(25)15(23)8-11/h4-5,8,13-14,17-18,25,28H,3,6-7,9-10H2,1-2H3/t13-,14-,17-,18+/m0/s1. The van der Waals surface area contributed by atoms with Crippen molar-refractivity contribution >= 4 is 18.9 Å². The Morgan fingerprint density at radius 3 is 2.73 bits per heavy atom. The predicted octanol–water partition coefficient (Wildman–Crippen LogP) is 1.99. The number of hydrogen-bond acceptors (Lipinski definition) is 6. The van der Waals surface area contributed by atoms with Crippen LogP contribution in [-0.2, 0) is 19.0 Å². The number of allylic oxidation sites excluding steroid dienone is 1. The number of aromatic hydroxyl groups is 1. The number of fused-ring (bicyclic) bond motifs is 3. The fourth-order valence-corrected chi connectivity index (χ4v) is 5.17. The first-order valence-corrected chi connectivity index (χ1v) is 10.2. The number of methoxy groups -OCH3 is 1. The molecule has 0 radical (unpaired) electrons. The van der Waals surface area contributed by atoms with E-state index in [1.165, 1.54) is 30.2 Å². The molecule has 2 fully saturated rings. The van der Waals surface area contributed by atoms with E-state index in [1.807, 2.05) is 6.92 Å². The highest BCUT2D eigenvalue weighted by Gasteiger charge is 2.57. The largest absolute Gasteiger partial charge is 0.505 e. The first-order valence-electron chi connectivity index (χ1n) is 10.2. The Morgan fingerprint density at radius 1 is 1.30 bits per heavy atom. The van der Waals surface area contributed by atoms with E-state index < -0.39 is 42.5 Å². The number of phenols is 1. The maximum atomic E-state index is 13.9. The van der Waals surface area contributed by atoms with Crippen LogP contribution in [0.1, 0.15) is 37.9 Å². The lowest BCUT2D eigenvalue weighted by atomic mass is 9.55. The topological polar surface area (TPSA) is 96.3 Å². The summed E-state index contributed by atoms with van der Waals surface area (Å²) < 4.78 is 25.0. The van der Waals surface area contributed by atoms with Crippen molar-refractivity contribution in [3.63, 3.8) is 0 Å². The van der Waals surface area contributed by atoms with Crippen LogP contribution in [0.3, 0.4) is 0 Å². The molecule has 2 aliphatic heterocycles. The number of halogens is 1. The Hall–Kier alpha value is -2.23. The summed E-state index contributed by atoms with van der Waals surface area (Å²) in [6.07, 6.45) is 0.681. The lowest BCUT2D eigenvalue weighted by Crippen LogP contribution is -2.45. The molecule has 30 heavy (non-hydrogen) atoms. The zero-order chi connectivity index (χ0) is 21.6. The SMILES string of the molecule is CCCN1C(=O)[C@H]2[C@H](CC(COC)=C3B(O)O[C@H](c4ccc(O)c(F)c4)C[C@H]32)C1=O. The van der Waals surface area contributed by atoms with Crippen LogP contribution >= 0.6 is 0 Å². The Bertz CT molecular complexity index is 905. The molecule has 7 nitrogen and oxygen atoms in total. The van der Waals surface area contributed by atoms with Crippen LogP contribution in [0.15, 0.2) is 29.2 Å². The van der Waals surface area contributed by atoms with Crippen LogP contribution in [0.2, 0.25) is 0 Å². The molecule has 0 saturated carbocycles. The van der Waals surface area contributed by atoms with Crippen molar-refractivity contribution in [2.24, 2.45) is 17.8 Å². The zero-order valence-electron chi connectivity index (χ0n) is 17.0. The highest BCUT2D eigenvalue weighted by atomic mass is 19.1. The van der Waals surface area contributed by atoms with Crippen LogP contribution in [0.25, 0.3) is 0 Å². The van der Waals surface area contributed by atoms with Gasteiger partial charge in [0.25, 0.3) is 0 Å². The van der Waals surface area contributed by atoms with Crippen molar-refractivity contribution in [3.8, 4) is 5.75 Å². The Balaban J connectivity index is 1.73. The highest BCUT2D eigenvalue weighted by Crippen LogP contribution is 2.51. The molecular weight excluding hydrogens is 392 g/mol. The van der Waals surface area contributed by atoms with Gasteiger partial charge < -0.3 is 19.5 Å². The Kier molecular flexibility index (Phi) is 5.70. The third-order valence-corrected chi connectivity index (χ3v) is 6.41. The molecular formula is C21H25BFNO6. The number of hydrogen-bond donors (Lipinski definition) is 2. The predicted molar refractivity (Wildman–Crippen MR) is 105 cm³/mol. The van der Waals surface area contributed by atoms with Gasteiger partial charge in [-0.25, -0.2) is 4.39 Å². The van der Waals surface area contributed by atoms with E-state index in [2.05, 4.69) is 0 Å². The van der Waals surface area contributed by atoms with Crippen LogP contribution in [0, 0.1) is 23.6 Å². The van der Waals surface area contributed by atoms with Gasteiger partial charge in [-0.3, -0.25) is 14.5 Å². The second-order valence-electron chi connectivity index (χ2n) is 8.19. The van der Waals surface area contributed by atoms with Crippen LogP contribution in [-0.4, -0.2) is 54.2 Å². The number of carbonyl (C=O) groups excluding carboxylic acids is 2. The minimum atomic E-state index is -1.28. The Labute approximate surface area is 174 Å². The fourth-order valence-electron chi connectivity index (χ4n) is 5.17. The number of likely N-dealkylation sites (tertiary alicyclic amines) is 1. The van der Waals surface area contributed by atoms with Gasteiger partial charge in [0.05, 0.1) is 24.5 Å². The minimum absolute atomic E-state index is 0.173. The number of phenolic OH excluding ortho intramolecular Hbond substituents is 1. The van der Waals surface area contributed by atoms with Gasteiger partial charge in [-0.1, -0.05) is 13.0 Å². The normalized spacial score (nSPS) is 28.8. The molecule has 0 aromatic heterocycles. The van der Waals surface area contributed by atoms with Crippen molar-refractivity contribution in [3.05, 3.63) is 40.6 Å². The molecule has 2 N–H and O–H groups in total. The maximum absolute atomic E-state index is 13.9. The first kappa shape index (κ1) is 21.0. The summed E-state index contributed by atoms with van der Waals surface area (Å²) in [4.78, 5) is 27.4. The number of amides is 2. The molecule has 9 heteroatoms. The molecule has 2 amide bonds. The number of carbonyl (C=O) groups is 2. The van der Waals surface area contributed by atoms with Crippen molar-refractivity contribution in [1.29, 1.82) is 0 Å². The Morgan fingerprint density at radius 2 is 2.07 bits per heavy atom. The first-order chi connectivity index (χ1) is 14.4. The van der Waals surface area contributed by atoms with Crippen molar-refractivity contribution in [2.45, 2.75) is 32.3 Å². The third-order valence-electron chi connectivity index (χ3n) is 6.41. The minimum Gasteiger partial charge on any atom is -0.505 e. The number of nitrogens with zero attached hydrogens (tertiary/aromatic N) is 1. The van der Waals surface area contributed by atoms with Gasteiger partial charge in [0.1, 0.15) is 0 Å². The third kappa shape index (κ3) is 3.34. The molecule has 0 bridgehead atoms. The quantitative estimate of drug-likeness (QED) is 0.562. The average molecular weight is 417 g/mol. The number of imide groups is 1. The van der Waals surface area contributed by atoms with Crippen molar-refractivity contribution < 1.29 is 33.5 Å². The van der Waals surface area contributed by atoms with Crippen molar-refractivity contribution in [2.75, 3.05) is 20.3 Å². The van der Waals surface area contributed by atoms with E-state index in [9.17, 15) is 24.1 Å². The summed E-state index contributed by atoms with van der Waals surface area (Å²) >= 11 is 0. The van der Waals surface area contributed by atoms with Gasteiger partial charge in [0, 0.05) is 13.7 Å². The van der Waals surface area contributed by atoms with Gasteiger partial charge in [-0.15, -0.1) is 0 Å². The average Bonchev–Trinajstić information content (AvgIpc) is 2.95. The molecule has 2 saturated heterocycles. The van der Waals surface area contributed by atoms with E-state index in [1.54, 1.807) is 0 Å². The fraction of sp³-hybridized carbons (Fsp3) is 0.524. The highest BCUT2D eigenvalue weighted by molar-refractivity contribution is 6.53. The van der Waals surface area contributed by atoms with Crippen LogP contribution in [0.4, 0.5) is 4.39 Å². The van der Waals surface area contributed by atoms with Gasteiger partial charge in [0.2, 0.25) is 11.8 Å². The van der Waals surface area contributed by atoms with Gasteiger partial charge in [0.15, 0.2) is 11.6 Å². The molecule has 3 aliphatic rings. The summed E-state index contributed by atoms with van der Waals surface area (Å²) in [5, 5.41) is 20.3. The van der Waals surface area contributed by atoms with Crippen LogP contribution in [0.5, 0.6) is 5.75 Å². The summed E-state index contributed by atoms with van der Waals surface area (Å²) in [5.41, 5.74) is 1.85. The maximum Gasteiger partial charge on any atom is 0.487 e. The molecule has 1 aromatic carbocycles. The lowest BCUT2D eigenvalue weighted by Gasteiger charge is -2.42. The second kappa shape index (κ2) is 8.13. The number of benzene rings is 1. The summed E-state index contributed by atoms with van der Waals surface area (Å²) in [6, 6.07) is 3.94. The molecule has 160 valence electrons. The van der Waals surface area contributed by atoms with E-state index in [4.69, 9.17) is 9.39 Å². The molecule has 4 rings (SSSR count). The van der Waals surface area contributed by atoms with Gasteiger partial charge in [-0.2, -0.15) is 0 Å². The van der Waals surface area contributed by atoms with E-state index in [-0.39, 0.29) is 18.4 Å². The molecule has 0 unspecified atom stereocenters. The van der Waals surface area contributed by atoms with E-state index in [0.717, 1.165) is 5.57 Å². The zero-order valence-corrected chi connectivity index (χ0v) is 17.0. The summed E-state index contributed by atoms with van der Waals surface area (Å²) in [5.74, 6) is -3.09.